The second kappa shape index (κ2) is 6.41. The number of Topliss-reactive ketones (excluding diaryl/α,β-unsaturated/α-hetero) is 1. The molecule has 0 fully saturated rings. The van der Waals surface area contributed by atoms with Gasteiger partial charge in [0.25, 0.3) is 0 Å². The van der Waals surface area contributed by atoms with Gasteiger partial charge in [-0.15, -0.1) is 0 Å². The average molecular weight is 399 g/mol. The first-order chi connectivity index (χ1) is 9.51. The summed E-state index contributed by atoms with van der Waals surface area (Å²) in [5, 5.41) is 0. The van der Waals surface area contributed by atoms with Crippen molar-refractivity contribution in [3.63, 3.8) is 0 Å². The minimum absolute atomic E-state index is 0.0131. The van der Waals surface area contributed by atoms with Crippen LogP contribution in [0.5, 0.6) is 5.75 Å². The monoisotopic (exact) mass is 397 g/mol. The number of benzene rings is 2. The highest BCUT2D eigenvalue weighted by atomic mass is 79.9. The zero-order chi connectivity index (χ0) is 14.7. The van der Waals surface area contributed by atoms with Crippen LogP contribution >= 0.6 is 31.9 Å². The molecule has 0 heterocycles. The maximum Gasteiger partial charge on any atom is 0.169 e. The summed E-state index contributed by atoms with van der Waals surface area (Å²) in [6.07, 6.45) is 0.295. The Bertz CT molecular complexity index is 656. The number of carbonyl (C=O) groups excluding carboxylic acids is 1. The number of anilines is 1. The van der Waals surface area contributed by atoms with E-state index in [4.69, 9.17) is 10.5 Å². The van der Waals surface area contributed by atoms with E-state index in [9.17, 15) is 4.79 Å². The van der Waals surface area contributed by atoms with Crippen molar-refractivity contribution in [3.8, 4) is 5.75 Å². The fourth-order valence-corrected chi connectivity index (χ4v) is 2.82. The molecular formula is C15H13Br2NO2. The molecule has 0 unspecified atom stereocenters. The Balaban J connectivity index is 2.23. The largest absolute Gasteiger partial charge is 0.496 e. The van der Waals surface area contributed by atoms with Gasteiger partial charge in [0.05, 0.1) is 11.6 Å². The van der Waals surface area contributed by atoms with Crippen LogP contribution in [0.2, 0.25) is 0 Å². The van der Waals surface area contributed by atoms with E-state index in [0.717, 1.165) is 20.3 Å². The second-order valence-corrected chi connectivity index (χ2v) is 6.07. The molecule has 0 atom stereocenters. The van der Waals surface area contributed by atoms with Crippen LogP contribution in [-0.4, -0.2) is 12.9 Å². The van der Waals surface area contributed by atoms with Gasteiger partial charge in [-0.1, -0.05) is 22.0 Å². The van der Waals surface area contributed by atoms with Crippen LogP contribution in [0.25, 0.3) is 0 Å². The quantitative estimate of drug-likeness (QED) is 0.619. The molecule has 0 aliphatic heterocycles. The Morgan fingerprint density at radius 3 is 2.60 bits per heavy atom. The first kappa shape index (κ1) is 15.1. The summed E-state index contributed by atoms with van der Waals surface area (Å²) >= 11 is 6.76. The van der Waals surface area contributed by atoms with Crippen molar-refractivity contribution in [2.75, 3.05) is 12.8 Å². The van der Waals surface area contributed by atoms with E-state index in [1.807, 2.05) is 24.3 Å². The first-order valence-corrected chi connectivity index (χ1v) is 7.50. The summed E-state index contributed by atoms with van der Waals surface area (Å²) in [5.74, 6) is 0.726. The van der Waals surface area contributed by atoms with Gasteiger partial charge < -0.3 is 10.5 Å². The number of methoxy groups -OCH3 is 1. The highest BCUT2D eigenvalue weighted by Crippen LogP contribution is 2.27. The number of hydrogen-bond donors (Lipinski definition) is 1. The van der Waals surface area contributed by atoms with E-state index < -0.39 is 0 Å². The summed E-state index contributed by atoms with van der Waals surface area (Å²) in [7, 11) is 1.60. The molecule has 2 N–H and O–H groups in total. The van der Waals surface area contributed by atoms with Crippen LogP contribution in [0.15, 0.2) is 45.3 Å². The third-order valence-electron chi connectivity index (χ3n) is 2.90. The van der Waals surface area contributed by atoms with Crippen LogP contribution in [0, 0.1) is 0 Å². The molecule has 5 heteroatoms. The molecule has 0 saturated heterocycles. The number of carbonyl (C=O) groups is 1. The molecule has 2 aromatic carbocycles. The zero-order valence-corrected chi connectivity index (χ0v) is 14.0. The van der Waals surface area contributed by atoms with E-state index in [1.165, 1.54) is 0 Å². The third-order valence-corrected chi connectivity index (χ3v) is 4.01. The number of hydrogen-bond acceptors (Lipinski definition) is 3. The van der Waals surface area contributed by atoms with E-state index in [2.05, 4.69) is 31.9 Å². The predicted octanol–water partition coefficient (Wildman–Crippen LogP) is 4.23. The maximum absolute atomic E-state index is 12.3. The van der Waals surface area contributed by atoms with Crippen molar-refractivity contribution in [1.29, 1.82) is 0 Å². The molecule has 2 rings (SSSR count). The molecule has 0 bridgehead atoms. The van der Waals surface area contributed by atoms with Crippen LogP contribution in [0.4, 0.5) is 5.69 Å². The molecule has 0 amide bonds. The Morgan fingerprint density at radius 2 is 1.95 bits per heavy atom. The van der Waals surface area contributed by atoms with E-state index in [-0.39, 0.29) is 5.78 Å². The fraction of sp³-hybridized carbons (Fsp3) is 0.133. The van der Waals surface area contributed by atoms with Crippen LogP contribution in [0.1, 0.15) is 15.9 Å². The number of nitrogen functional groups attached to an aromatic ring is 1. The number of rotatable bonds is 4. The van der Waals surface area contributed by atoms with Crippen molar-refractivity contribution >= 4 is 43.3 Å². The SMILES string of the molecule is COc1ccc(CC(=O)c2cc(Br)ccc2N)cc1Br. The van der Waals surface area contributed by atoms with Crippen LogP contribution in [0.3, 0.4) is 0 Å². The topological polar surface area (TPSA) is 52.3 Å². The highest BCUT2D eigenvalue weighted by molar-refractivity contribution is 9.10. The fourth-order valence-electron chi connectivity index (χ4n) is 1.87. The second-order valence-electron chi connectivity index (χ2n) is 4.30. The number of nitrogens with two attached hydrogens (primary N) is 1. The zero-order valence-electron chi connectivity index (χ0n) is 10.8. The van der Waals surface area contributed by atoms with E-state index in [0.29, 0.717) is 17.7 Å². The predicted molar refractivity (Wildman–Crippen MR) is 87.3 cm³/mol. The van der Waals surface area contributed by atoms with Crippen molar-refractivity contribution in [1.82, 2.24) is 0 Å². The molecule has 104 valence electrons. The maximum atomic E-state index is 12.3. The molecule has 3 nitrogen and oxygen atoms in total. The standard InChI is InChI=1S/C15H13Br2NO2/c1-20-15-5-2-9(6-12(15)17)7-14(19)11-8-10(16)3-4-13(11)18/h2-6,8H,7,18H2,1H3. The van der Waals surface area contributed by atoms with Gasteiger partial charge >= 0.3 is 0 Å². The smallest absolute Gasteiger partial charge is 0.169 e. The summed E-state index contributed by atoms with van der Waals surface area (Å²) in [6.45, 7) is 0. The van der Waals surface area contributed by atoms with Gasteiger partial charge in [0.2, 0.25) is 0 Å². The van der Waals surface area contributed by atoms with Gasteiger partial charge in [-0.05, 0) is 51.8 Å². The van der Waals surface area contributed by atoms with Gasteiger partial charge in [-0.25, -0.2) is 0 Å². The molecule has 20 heavy (non-hydrogen) atoms. The van der Waals surface area contributed by atoms with Crippen LogP contribution < -0.4 is 10.5 Å². The molecule has 0 spiro atoms. The average Bonchev–Trinajstić information content (AvgIpc) is 2.41. The molecule has 0 aliphatic rings. The lowest BCUT2D eigenvalue weighted by molar-refractivity contribution is 0.0993. The van der Waals surface area contributed by atoms with Gasteiger partial charge in [0, 0.05) is 22.1 Å². The lowest BCUT2D eigenvalue weighted by Crippen LogP contribution is -2.07. The van der Waals surface area contributed by atoms with E-state index in [1.54, 1.807) is 19.2 Å². The van der Waals surface area contributed by atoms with Gasteiger partial charge in [0.1, 0.15) is 5.75 Å². The molecule has 0 aliphatic carbocycles. The summed E-state index contributed by atoms with van der Waals surface area (Å²) < 4.78 is 6.83. The third kappa shape index (κ3) is 3.41. The molecular weight excluding hydrogens is 386 g/mol. The Morgan fingerprint density at radius 1 is 1.20 bits per heavy atom. The van der Waals surface area contributed by atoms with Crippen molar-refractivity contribution in [2.24, 2.45) is 0 Å². The molecule has 0 saturated carbocycles. The summed E-state index contributed by atoms with van der Waals surface area (Å²) in [6, 6.07) is 10.9. The molecule has 2 aromatic rings. The Labute approximate surface area is 134 Å². The van der Waals surface area contributed by atoms with Gasteiger partial charge in [-0.2, -0.15) is 0 Å². The first-order valence-electron chi connectivity index (χ1n) is 5.92. The van der Waals surface area contributed by atoms with Crippen LogP contribution in [-0.2, 0) is 6.42 Å². The Kier molecular flexibility index (Phi) is 4.83. The molecule has 0 radical (unpaired) electrons. The lowest BCUT2D eigenvalue weighted by Gasteiger charge is -2.08. The lowest BCUT2D eigenvalue weighted by atomic mass is 10.0. The van der Waals surface area contributed by atoms with Crippen molar-refractivity contribution in [2.45, 2.75) is 6.42 Å². The van der Waals surface area contributed by atoms with Crippen molar-refractivity contribution in [3.05, 3.63) is 56.5 Å². The van der Waals surface area contributed by atoms with Crippen molar-refractivity contribution < 1.29 is 9.53 Å². The minimum atomic E-state index is -0.0131. The normalized spacial score (nSPS) is 10.3. The number of ketones is 1. The number of halogens is 2. The highest BCUT2D eigenvalue weighted by Gasteiger charge is 2.12. The Hall–Kier alpha value is -1.33. The number of ether oxygens (including phenoxy) is 1. The summed E-state index contributed by atoms with van der Waals surface area (Å²) in [4.78, 5) is 12.3. The van der Waals surface area contributed by atoms with Gasteiger partial charge in [0.15, 0.2) is 5.78 Å². The summed E-state index contributed by atoms with van der Waals surface area (Å²) in [5.41, 5.74) is 7.78. The van der Waals surface area contributed by atoms with E-state index >= 15 is 0 Å². The minimum Gasteiger partial charge on any atom is -0.496 e. The molecule has 0 aromatic heterocycles. The van der Waals surface area contributed by atoms with Gasteiger partial charge in [-0.3, -0.25) is 4.79 Å².